The first kappa shape index (κ1) is 14.8. The zero-order chi connectivity index (χ0) is 13.7. The lowest BCUT2D eigenvalue weighted by Gasteiger charge is -2.34. The molecule has 1 aliphatic rings. The lowest BCUT2D eigenvalue weighted by Crippen LogP contribution is -2.48. The molecule has 1 aromatic carbocycles. The van der Waals surface area contributed by atoms with Crippen molar-refractivity contribution in [2.24, 2.45) is 0 Å². The van der Waals surface area contributed by atoms with Crippen molar-refractivity contribution in [2.75, 3.05) is 32.9 Å². The molecule has 1 aliphatic heterocycles. The lowest BCUT2D eigenvalue weighted by molar-refractivity contribution is -0.0321. The fraction of sp³-hybridized carbons (Fsp3) is 0.571. The Morgan fingerprint density at radius 3 is 2.95 bits per heavy atom. The van der Waals surface area contributed by atoms with E-state index in [0.29, 0.717) is 24.7 Å². The van der Waals surface area contributed by atoms with E-state index in [1.54, 1.807) is 6.07 Å². The van der Waals surface area contributed by atoms with Gasteiger partial charge in [-0.05, 0) is 18.1 Å². The van der Waals surface area contributed by atoms with Crippen LogP contribution >= 0.6 is 11.6 Å². The van der Waals surface area contributed by atoms with E-state index in [9.17, 15) is 10.2 Å². The van der Waals surface area contributed by atoms with Gasteiger partial charge in [-0.2, -0.15) is 0 Å². The second-order valence-electron chi connectivity index (χ2n) is 4.77. The molecule has 0 saturated carbocycles. The number of benzene rings is 1. The van der Waals surface area contributed by atoms with E-state index in [-0.39, 0.29) is 12.6 Å². The van der Waals surface area contributed by atoms with E-state index >= 15 is 0 Å². The van der Waals surface area contributed by atoms with Crippen LogP contribution in [0.15, 0.2) is 24.3 Å². The molecule has 2 N–H and O–H groups in total. The first-order valence-corrected chi connectivity index (χ1v) is 6.95. The lowest BCUT2D eigenvalue weighted by atomic mass is 10.1. The minimum atomic E-state index is -0.573. The Hall–Kier alpha value is -0.650. The number of halogens is 1. The van der Waals surface area contributed by atoms with Gasteiger partial charge in [0.05, 0.1) is 32.0 Å². The maximum absolute atomic E-state index is 10.2. The van der Waals surface area contributed by atoms with Gasteiger partial charge in [0.2, 0.25) is 0 Å². The molecule has 1 heterocycles. The van der Waals surface area contributed by atoms with Crippen molar-refractivity contribution in [3.8, 4) is 0 Å². The molecule has 2 atom stereocenters. The second kappa shape index (κ2) is 7.22. The van der Waals surface area contributed by atoms with Gasteiger partial charge in [0.25, 0.3) is 0 Å². The van der Waals surface area contributed by atoms with E-state index in [1.807, 2.05) is 18.2 Å². The molecule has 0 spiro atoms. The molecule has 2 rings (SSSR count). The Morgan fingerprint density at radius 1 is 1.42 bits per heavy atom. The Morgan fingerprint density at radius 2 is 2.21 bits per heavy atom. The molecule has 19 heavy (non-hydrogen) atoms. The molecular weight excluding hydrogens is 266 g/mol. The smallest absolute Gasteiger partial charge is 0.0816 e. The Labute approximate surface area is 118 Å². The van der Waals surface area contributed by atoms with Crippen molar-refractivity contribution in [2.45, 2.75) is 18.6 Å². The summed E-state index contributed by atoms with van der Waals surface area (Å²) >= 11 is 6.06. The molecule has 0 aromatic heterocycles. The summed E-state index contributed by atoms with van der Waals surface area (Å²) in [6.45, 7) is 2.83. The number of nitrogens with zero attached hydrogens (tertiary/aromatic N) is 1. The van der Waals surface area contributed by atoms with Gasteiger partial charge >= 0.3 is 0 Å². The van der Waals surface area contributed by atoms with Crippen molar-refractivity contribution in [1.29, 1.82) is 0 Å². The Bertz CT molecular complexity index is 402. The number of hydrogen-bond donors (Lipinski definition) is 2. The van der Waals surface area contributed by atoms with E-state index in [1.165, 1.54) is 0 Å². The van der Waals surface area contributed by atoms with Crippen molar-refractivity contribution in [1.82, 2.24) is 4.90 Å². The number of ether oxygens (including phenoxy) is 1. The van der Waals surface area contributed by atoms with Crippen molar-refractivity contribution in [3.63, 3.8) is 0 Å². The third kappa shape index (κ3) is 3.91. The summed E-state index contributed by atoms with van der Waals surface area (Å²) in [6, 6.07) is 7.38. The third-order valence-corrected chi connectivity index (χ3v) is 3.86. The van der Waals surface area contributed by atoms with Gasteiger partial charge in [0.1, 0.15) is 0 Å². The molecule has 1 saturated heterocycles. The van der Waals surface area contributed by atoms with Gasteiger partial charge in [-0.1, -0.05) is 29.8 Å². The zero-order valence-corrected chi connectivity index (χ0v) is 11.6. The van der Waals surface area contributed by atoms with Crippen LogP contribution in [0.3, 0.4) is 0 Å². The monoisotopic (exact) mass is 285 g/mol. The van der Waals surface area contributed by atoms with Crippen LogP contribution < -0.4 is 0 Å². The van der Waals surface area contributed by atoms with Crippen LogP contribution in [0.25, 0.3) is 0 Å². The quantitative estimate of drug-likeness (QED) is 0.860. The number of aliphatic hydroxyl groups is 2. The number of morpholine rings is 1. The topological polar surface area (TPSA) is 52.9 Å². The van der Waals surface area contributed by atoms with Crippen LogP contribution in [-0.4, -0.2) is 54.1 Å². The largest absolute Gasteiger partial charge is 0.395 e. The summed E-state index contributed by atoms with van der Waals surface area (Å²) in [5.41, 5.74) is 0.762. The standard InChI is InChI=1S/C14H20ClNO3/c15-13-4-2-1-3-12(13)14(18)5-6-16-7-8-19-10-11(16)9-17/h1-4,11,14,17-18H,5-10H2. The summed E-state index contributed by atoms with van der Waals surface area (Å²) in [5, 5.41) is 20.1. The highest BCUT2D eigenvalue weighted by atomic mass is 35.5. The molecule has 0 aliphatic carbocycles. The SMILES string of the molecule is OCC1COCCN1CCC(O)c1ccccc1Cl. The highest BCUT2D eigenvalue weighted by molar-refractivity contribution is 6.31. The molecule has 2 unspecified atom stereocenters. The van der Waals surface area contributed by atoms with Gasteiger partial charge in [0.15, 0.2) is 0 Å². The van der Waals surface area contributed by atoms with Crippen LogP contribution in [0.1, 0.15) is 18.1 Å². The predicted molar refractivity (Wildman–Crippen MR) is 74.3 cm³/mol. The van der Waals surface area contributed by atoms with Crippen LogP contribution in [0.2, 0.25) is 5.02 Å². The fourth-order valence-corrected chi connectivity index (χ4v) is 2.60. The minimum Gasteiger partial charge on any atom is -0.395 e. The van der Waals surface area contributed by atoms with Crippen LogP contribution in [-0.2, 0) is 4.74 Å². The highest BCUT2D eigenvalue weighted by Crippen LogP contribution is 2.25. The average Bonchev–Trinajstić information content (AvgIpc) is 2.45. The molecule has 1 aromatic rings. The first-order chi connectivity index (χ1) is 9.22. The van der Waals surface area contributed by atoms with Gasteiger partial charge < -0.3 is 14.9 Å². The minimum absolute atomic E-state index is 0.0344. The van der Waals surface area contributed by atoms with Crippen LogP contribution in [0.4, 0.5) is 0 Å². The van der Waals surface area contributed by atoms with Crippen molar-refractivity contribution >= 4 is 11.6 Å². The molecule has 0 bridgehead atoms. The van der Waals surface area contributed by atoms with E-state index in [0.717, 1.165) is 18.7 Å². The number of aliphatic hydroxyl groups excluding tert-OH is 2. The van der Waals surface area contributed by atoms with E-state index in [2.05, 4.69) is 4.90 Å². The predicted octanol–water partition coefficient (Wildman–Crippen LogP) is 1.46. The summed E-state index contributed by atoms with van der Waals surface area (Å²) < 4.78 is 5.33. The van der Waals surface area contributed by atoms with Gasteiger partial charge in [-0.15, -0.1) is 0 Å². The second-order valence-corrected chi connectivity index (χ2v) is 5.18. The molecule has 106 valence electrons. The van der Waals surface area contributed by atoms with Gasteiger partial charge in [0, 0.05) is 18.1 Å². The Balaban J connectivity index is 1.89. The van der Waals surface area contributed by atoms with E-state index < -0.39 is 6.10 Å². The normalized spacial score (nSPS) is 22.4. The maximum atomic E-state index is 10.2. The van der Waals surface area contributed by atoms with Gasteiger partial charge in [-0.25, -0.2) is 0 Å². The molecular formula is C14H20ClNO3. The fourth-order valence-electron chi connectivity index (χ4n) is 2.34. The summed E-state index contributed by atoms with van der Waals surface area (Å²) in [7, 11) is 0. The number of rotatable bonds is 5. The Kier molecular flexibility index (Phi) is 5.60. The summed E-state index contributed by atoms with van der Waals surface area (Å²) in [4.78, 5) is 2.16. The molecule has 1 fully saturated rings. The van der Waals surface area contributed by atoms with Crippen LogP contribution in [0, 0.1) is 0 Å². The molecule has 5 heteroatoms. The van der Waals surface area contributed by atoms with E-state index in [4.69, 9.17) is 16.3 Å². The zero-order valence-electron chi connectivity index (χ0n) is 10.8. The summed E-state index contributed by atoms with van der Waals surface area (Å²) in [5.74, 6) is 0. The van der Waals surface area contributed by atoms with Crippen molar-refractivity contribution in [3.05, 3.63) is 34.9 Å². The molecule has 0 radical (unpaired) electrons. The average molecular weight is 286 g/mol. The maximum Gasteiger partial charge on any atom is 0.0816 e. The third-order valence-electron chi connectivity index (χ3n) is 3.51. The van der Waals surface area contributed by atoms with Crippen LogP contribution in [0.5, 0.6) is 0 Å². The van der Waals surface area contributed by atoms with Crippen molar-refractivity contribution < 1.29 is 14.9 Å². The first-order valence-electron chi connectivity index (χ1n) is 6.57. The summed E-state index contributed by atoms with van der Waals surface area (Å²) in [6.07, 6.45) is 0.0242. The molecule has 0 amide bonds. The number of hydrogen-bond acceptors (Lipinski definition) is 4. The highest BCUT2D eigenvalue weighted by Gasteiger charge is 2.23. The van der Waals surface area contributed by atoms with Gasteiger partial charge in [-0.3, -0.25) is 4.90 Å². The molecule has 4 nitrogen and oxygen atoms in total.